The number of fused-ring (bicyclic) bond motifs is 1. The fourth-order valence-electron chi connectivity index (χ4n) is 1.59. The van der Waals surface area contributed by atoms with Crippen LogP contribution in [0.5, 0.6) is 0 Å². The summed E-state index contributed by atoms with van der Waals surface area (Å²) in [6, 6.07) is 3.76. The zero-order valence-corrected chi connectivity index (χ0v) is 9.25. The number of aryl methyl sites for hydroxylation is 1. The summed E-state index contributed by atoms with van der Waals surface area (Å²) in [4.78, 5) is 11.7. The number of rotatable bonds is 1. The number of nitrogens with one attached hydrogen (secondary N) is 1. The molecule has 0 aliphatic rings. The van der Waals surface area contributed by atoms with E-state index in [2.05, 4.69) is 15.0 Å². The molecule has 3 heterocycles. The molecule has 16 heavy (non-hydrogen) atoms. The molecule has 0 saturated heterocycles. The second-order valence-corrected chi connectivity index (χ2v) is 3.92. The minimum absolute atomic E-state index is 0.329. The van der Waals surface area contributed by atoms with Crippen molar-refractivity contribution < 1.29 is 4.42 Å². The van der Waals surface area contributed by atoms with Gasteiger partial charge in [-0.1, -0.05) is 0 Å². The van der Waals surface area contributed by atoms with Crippen molar-refractivity contribution in [2.24, 2.45) is 0 Å². The maximum atomic E-state index is 5.89. The van der Waals surface area contributed by atoms with Crippen LogP contribution in [-0.2, 0) is 0 Å². The van der Waals surface area contributed by atoms with Crippen LogP contribution >= 0.6 is 11.6 Å². The number of aromatic amines is 1. The van der Waals surface area contributed by atoms with Crippen LogP contribution in [0.2, 0.25) is 5.22 Å². The molecule has 0 aliphatic carbocycles. The Balaban J connectivity index is 2.23. The first kappa shape index (κ1) is 9.42. The van der Waals surface area contributed by atoms with Gasteiger partial charge >= 0.3 is 0 Å². The molecular weight excluding hydrogens is 226 g/mol. The molecule has 0 saturated carbocycles. The monoisotopic (exact) mass is 233 g/mol. The first-order valence-electron chi connectivity index (χ1n) is 4.80. The summed E-state index contributed by atoms with van der Waals surface area (Å²) < 4.78 is 5.02. The Morgan fingerprint density at radius 1 is 1.44 bits per heavy atom. The van der Waals surface area contributed by atoms with E-state index >= 15 is 0 Å². The smallest absolute Gasteiger partial charge is 0.203 e. The molecule has 0 aliphatic heterocycles. The third-order valence-corrected chi connectivity index (χ3v) is 2.64. The Morgan fingerprint density at radius 3 is 3.06 bits per heavy atom. The molecule has 3 aromatic heterocycles. The van der Waals surface area contributed by atoms with Crippen molar-refractivity contribution in [2.75, 3.05) is 0 Å². The Hall–Kier alpha value is -1.81. The minimum Gasteiger partial charge on any atom is -0.452 e. The summed E-state index contributed by atoms with van der Waals surface area (Å²) >= 11 is 5.89. The largest absolute Gasteiger partial charge is 0.452 e. The van der Waals surface area contributed by atoms with E-state index in [0.717, 1.165) is 16.6 Å². The number of pyridine rings is 1. The van der Waals surface area contributed by atoms with Crippen LogP contribution in [0.3, 0.4) is 0 Å². The van der Waals surface area contributed by atoms with Gasteiger partial charge in [0.2, 0.25) is 5.22 Å². The van der Waals surface area contributed by atoms with Crippen LogP contribution in [0.25, 0.3) is 22.6 Å². The van der Waals surface area contributed by atoms with E-state index in [1.54, 1.807) is 12.3 Å². The second kappa shape index (κ2) is 3.35. The quantitative estimate of drug-likeness (QED) is 0.702. The highest BCUT2D eigenvalue weighted by Gasteiger charge is 2.11. The summed E-state index contributed by atoms with van der Waals surface area (Å²) in [6.45, 7) is 1.98. The van der Waals surface area contributed by atoms with Gasteiger partial charge in [-0.3, -0.25) is 0 Å². The first-order valence-corrected chi connectivity index (χ1v) is 5.17. The number of nitrogens with zero attached hydrogens (tertiary/aromatic N) is 2. The van der Waals surface area contributed by atoms with Crippen LogP contribution in [0, 0.1) is 6.92 Å². The third kappa shape index (κ3) is 1.39. The molecule has 0 amide bonds. The predicted octanol–water partition coefficient (Wildman–Crippen LogP) is 3.18. The Morgan fingerprint density at radius 2 is 2.31 bits per heavy atom. The van der Waals surface area contributed by atoms with Gasteiger partial charge in [-0.2, -0.15) is 0 Å². The van der Waals surface area contributed by atoms with Crippen molar-refractivity contribution in [3.63, 3.8) is 0 Å². The van der Waals surface area contributed by atoms with Crippen LogP contribution in [0.15, 0.2) is 29.0 Å². The molecule has 4 nitrogen and oxygen atoms in total. The summed E-state index contributed by atoms with van der Waals surface area (Å²) in [7, 11) is 0. The number of H-pyrrole nitrogens is 1. The van der Waals surface area contributed by atoms with E-state index in [0.29, 0.717) is 16.7 Å². The maximum absolute atomic E-state index is 5.89. The molecule has 0 spiro atoms. The SMILES string of the molecule is Cc1cnc2nc(-c3ccoc3Cl)[nH]c2c1. The van der Waals surface area contributed by atoms with Crippen LogP contribution in [0.4, 0.5) is 0 Å². The predicted molar refractivity (Wildman–Crippen MR) is 61.3 cm³/mol. The minimum atomic E-state index is 0.329. The van der Waals surface area contributed by atoms with Crippen molar-refractivity contribution in [2.45, 2.75) is 6.92 Å². The summed E-state index contributed by atoms with van der Waals surface area (Å²) in [5, 5.41) is 0.329. The van der Waals surface area contributed by atoms with Crippen molar-refractivity contribution in [1.82, 2.24) is 15.0 Å². The molecule has 3 aromatic rings. The number of imidazole rings is 1. The molecule has 0 bridgehead atoms. The fourth-order valence-corrected chi connectivity index (χ4v) is 1.80. The zero-order chi connectivity index (χ0) is 11.1. The van der Waals surface area contributed by atoms with E-state index < -0.39 is 0 Å². The van der Waals surface area contributed by atoms with Crippen molar-refractivity contribution >= 4 is 22.8 Å². The number of hydrogen-bond donors (Lipinski definition) is 1. The topological polar surface area (TPSA) is 54.7 Å². The summed E-state index contributed by atoms with van der Waals surface area (Å²) in [6.07, 6.45) is 3.31. The average Bonchev–Trinajstić information content (AvgIpc) is 2.82. The molecule has 5 heteroatoms. The molecule has 80 valence electrons. The van der Waals surface area contributed by atoms with Crippen LogP contribution in [-0.4, -0.2) is 15.0 Å². The van der Waals surface area contributed by atoms with Crippen molar-refractivity contribution in [3.05, 3.63) is 35.4 Å². The Kier molecular flexibility index (Phi) is 1.97. The van der Waals surface area contributed by atoms with Gasteiger partial charge < -0.3 is 9.40 Å². The van der Waals surface area contributed by atoms with Gasteiger partial charge in [0, 0.05) is 6.20 Å². The second-order valence-electron chi connectivity index (χ2n) is 3.58. The zero-order valence-electron chi connectivity index (χ0n) is 8.49. The molecule has 0 atom stereocenters. The van der Waals surface area contributed by atoms with Gasteiger partial charge in [0.25, 0.3) is 0 Å². The normalized spacial score (nSPS) is 11.1. The van der Waals surface area contributed by atoms with Gasteiger partial charge in [0.15, 0.2) is 5.65 Å². The Labute approximate surface area is 96.3 Å². The van der Waals surface area contributed by atoms with Gasteiger partial charge in [-0.25, -0.2) is 9.97 Å². The van der Waals surface area contributed by atoms with Gasteiger partial charge in [-0.05, 0) is 36.2 Å². The van der Waals surface area contributed by atoms with E-state index in [4.69, 9.17) is 16.0 Å². The highest BCUT2D eigenvalue weighted by atomic mass is 35.5. The van der Waals surface area contributed by atoms with Crippen LogP contribution < -0.4 is 0 Å². The molecule has 3 rings (SSSR count). The number of aromatic nitrogens is 3. The molecule has 0 radical (unpaired) electrons. The number of furan rings is 1. The molecule has 0 fully saturated rings. The summed E-state index contributed by atoms with van der Waals surface area (Å²) in [5.41, 5.74) is 3.41. The lowest BCUT2D eigenvalue weighted by Gasteiger charge is -1.89. The summed E-state index contributed by atoms with van der Waals surface area (Å²) in [5.74, 6) is 0.673. The molecule has 0 aromatic carbocycles. The van der Waals surface area contributed by atoms with E-state index in [9.17, 15) is 0 Å². The first-order chi connectivity index (χ1) is 7.74. The van der Waals surface area contributed by atoms with E-state index in [1.165, 1.54) is 6.26 Å². The number of halogens is 1. The maximum Gasteiger partial charge on any atom is 0.203 e. The average molecular weight is 234 g/mol. The molecular formula is C11H8ClN3O. The van der Waals surface area contributed by atoms with E-state index in [-0.39, 0.29) is 0 Å². The standard InChI is InChI=1S/C11H8ClN3O/c1-6-4-8-11(13-5-6)15-10(14-8)7-2-3-16-9(7)12/h2-5H,1H3,(H,13,14,15). The van der Waals surface area contributed by atoms with E-state index in [1.807, 2.05) is 13.0 Å². The van der Waals surface area contributed by atoms with Crippen LogP contribution in [0.1, 0.15) is 5.56 Å². The highest BCUT2D eigenvalue weighted by Crippen LogP contribution is 2.27. The molecule has 0 unspecified atom stereocenters. The van der Waals surface area contributed by atoms with Gasteiger partial charge in [0.1, 0.15) is 5.82 Å². The van der Waals surface area contributed by atoms with Gasteiger partial charge in [-0.15, -0.1) is 0 Å². The Bertz CT molecular complexity index is 656. The molecule has 1 N–H and O–H groups in total. The van der Waals surface area contributed by atoms with Gasteiger partial charge in [0.05, 0.1) is 17.3 Å². The van der Waals surface area contributed by atoms with Crippen molar-refractivity contribution in [1.29, 1.82) is 0 Å². The lowest BCUT2D eigenvalue weighted by Crippen LogP contribution is -1.78. The van der Waals surface area contributed by atoms with Crippen molar-refractivity contribution in [3.8, 4) is 11.4 Å². The third-order valence-electron chi connectivity index (χ3n) is 2.35. The fraction of sp³-hybridized carbons (Fsp3) is 0.0909. The highest BCUT2D eigenvalue weighted by molar-refractivity contribution is 6.31. The lowest BCUT2D eigenvalue weighted by molar-refractivity contribution is 0.570. The number of hydrogen-bond acceptors (Lipinski definition) is 3. The lowest BCUT2D eigenvalue weighted by atomic mass is 10.3.